The van der Waals surface area contributed by atoms with Crippen molar-refractivity contribution in [2.24, 2.45) is 5.73 Å². The quantitative estimate of drug-likeness (QED) is 0.397. The Bertz CT molecular complexity index is 1110. The Hall–Kier alpha value is -3.10. The van der Waals surface area contributed by atoms with E-state index in [1.165, 1.54) is 24.1 Å². The van der Waals surface area contributed by atoms with Crippen molar-refractivity contribution in [3.05, 3.63) is 82.4 Å². The summed E-state index contributed by atoms with van der Waals surface area (Å²) in [5, 5.41) is 16.3. The van der Waals surface area contributed by atoms with E-state index in [4.69, 9.17) is 10.3 Å². The highest BCUT2D eigenvalue weighted by Gasteiger charge is 2.17. The standard InChI is InChI=1S/C19H16N4O3S/c20-10-13-5-6-15-17(9-13)22(11-14-7-8-26-21-14)12-19(15)27-18-4-2-1-3-16(18)23(24)25/h1-9,12H,10-11,20H2. The van der Waals surface area contributed by atoms with Gasteiger partial charge < -0.3 is 14.8 Å². The van der Waals surface area contributed by atoms with E-state index in [2.05, 4.69) is 9.72 Å². The topological polar surface area (TPSA) is 100 Å². The predicted octanol–water partition coefficient (Wildman–Crippen LogP) is 4.20. The highest BCUT2D eigenvalue weighted by Crippen LogP contribution is 2.39. The average Bonchev–Trinajstić information content (AvgIpc) is 3.30. The van der Waals surface area contributed by atoms with Crippen LogP contribution in [0.25, 0.3) is 10.9 Å². The van der Waals surface area contributed by atoms with E-state index in [-0.39, 0.29) is 10.6 Å². The Morgan fingerprint density at radius 1 is 1.19 bits per heavy atom. The molecule has 136 valence electrons. The molecule has 0 saturated heterocycles. The van der Waals surface area contributed by atoms with Crippen molar-refractivity contribution in [2.45, 2.75) is 22.9 Å². The zero-order valence-corrected chi connectivity index (χ0v) is 15.1. The maximum absolute atomic E-state index is 11.3. The normalized spacial score (nSPS) is 11.1. The number of nitrogens with two attached hydrogens (primary N) is 1. The Morgan fingerprint density at radius 3 is 2.78 bits per heavy atom. The van der Waals surface area contributed by atoms with E-state index in [0.29, 0.717) is 18.0 Å². The first-order chi connectivity index (χ1) is 13.2. The van der Waals surface area contributed by atoms with E-state index in [0.717, 1.165) is 27.1 Å². The number of benzene rings is 2. The molecule has 0 aliphatic rings. The molecule has 7 nitrogen and oxygen atoms in total. The Kier molecular flexibility index (Phi) is 4.66. The second-order valence-electron chi connectivity index (χ2n) is 5.99. The molecule has 0 bridgehead atoms. The molecular formula is C19H16N4O3S. The fourth-order valence-corrected chi connectivity index (χ4v) is 4.04. The van der Waals surface area contributed by atoms with E-state index in [1.54, 1.807) is 18.2 Å². The third kappa shape index (κ3) is 3.44. The average molecular weight is 380 g/mol. The van der Waals surface area contributed by atoms with Crippen LogP contribution in [-0.4, -0.2) is 14.6 Å². The molecule has 2 N–H and O–H groups in total. The van der Waals surface area contributed by atoms with Crippen LogP contribution in [0.2, 0.25) is 0 Å². The van der Waals surface area contributed by atoms with Crippen molar-refractivity contribution < 1.29 is 9.45 Å². The van der Waals surface area contributed by atoms with Crippen LogP contribution in [0.1, 0.15) is 11.3 Å². The fourth-order valence-electron chi connectivity index (χ4n) is 2.95. The lowest BCUT2D eigenvalue weighted by atomic mass is 10.1. The first kappa shape index (κ1) is 17.3. The van der Waals surface area contributed by atoms with Crippen molar-refractivity contribution >= 4 is 28.4 Å². The molecule has 2 heterocycles. The summed E-state index contributed by atoms with van der Waals surface area (Å²) in [4.78, 5) is 12.5. The van der Waals surface area contributed by atoms with Gasteiger partial charge in [-0.2, -0.15) is 0 Å². The van der Waals surface area contributed by atoms with E-state index < -0.39 is 0 Å². The van der Waals surface area contributed by atoms with Crippen LogP contribution in [0.15, 0.2) is 75.3 Å². The Morgan fingerprint density at radius 2 is 2.04 bits per heavy atom. The smallest absolute Gasteiger partial charge is 0.283 e. The summed E-state index contributed by atoms with van der Waals surface area (Å²) in [5.41, 5.74) is 8.71. The number of hydrogen-bond donors (Lipinski definition) is 1. The second kappa shape index (κ2) is 7.26. The zero-order chi connectivity index (χ0) is 18.8. The third-order valence-corrected chi connectivity index (χ3v) is 5.36. The molecule has 0 spiro atoms. The van der Waals surface area contributed by atoms with Gasteiger partial charge in [0.1, 0.15) is 12.0 Å². The molecule has 0 atom stereocenters. The molecule has 0 fully saturated rings. The monoisotopic (exact) mass is 380 g/mol. The number of fused-ring (bicyclic) bond motifs is 1. The molecule has 0 amide bonds. The van der Waals surface area contributed by atoms with Crippen LogP contribution in [0.3, 0.4) is 0 Å². The van der Waals surface area contributed by atoms with Crippen molar-refractivity contribution in [2.75, 3.05) is 0 Å². The largest absolute Gasteiger partial charge is 0.364 e. The number of nitro benzene ring substituents is 1. The number of nitrogens with zero attached hydrogens (tertiary/aromatic N) is 3. The maximum atomic E-state index is 11.3. The first-order valence-corrected chi connectivity index (χ1v) is 9.09. The molecule has 0 aliphatic heterocycles. The van der Waals surface area contributed by atoms with Crippen molar-refractivity contribution in [3.8, 4) is 0 Å². The number of aromatic nitrogens is 2. The molecule has 0 radical (unpaired) electrons. The van der Waals surface area contributed by atoms with Gasteiger partial charge in [-0.05, 0) is 17.7 Å². The van der Waals surface area contributed by atoms with Gasteiger partial charge in [0.25, 0.3) is 5.69 Å². The number of rotatable bonds is 6. The lowest BCUT2D eigenvalue weighted by Crippen LogP contribution is -2.00. The Balaban J connectivity index is 1.80. The van der Waals surface area contributed by atoms with Crippen molar-refractivity contribution in [3.63, 3.8) is 0 Å². The summed E-state index contributed by atoms with van der Waals surface area (Å²) >= 11 is 1.38. The molecule has 4 aromatic rings. The van der Waals surface area contributed by atoms with Crippen LogP contribution in [0.4, 0.5) is 5.69 Å². The molecule has 2 aromatic heterocycles. The summed E-state index contributed by atoms with van der Waals surface area (Å²) in [5.74, 6) is 0. The van der Waals surface area contributed by atoms with Gasteiger partial charge >= 0.3 is 0 Å². The molecular weight excluding hydrogens is 364 g/mol. The SMILES string of the molecule is NCc1ccc2c(Sc3ccccc3[N+](=O)[O-])cn(Cc3ccon3)c2c1. The minimum atomic E-state index is -0.358. The van der Waals surface area contributed by atoms with Crippen LogP contribution in [0.5, 0.6) is 0 Å². The minimum Gasteiger partial charge on any atom is -0.364 e. The predicted molar refractivity (Wildman–Crippen MR) is 103 cm³/mol. The summed E-state index contributed by atoms with van der Waals surface area (Å²) in [6, 6.07) is 14.6. The molecule has 0 aliphatic carbocycles. The van der Waals surface area contributed by atoms with Crippen LogP contribution < -0.4 is 5.73 Å². The van der Waals surface area contributed by atoms with Gasteiger partial charge in [-0.15, -0.1) is 0 Å². The molecule has 0 unspecified atom stereocenters. The number of hydrogen-bond acceptors (Lipinski definition) is 6. The van der Waals surface area contributed by atoms with E-state index in [9.17, 15) is 10.1 Å². The van der Waals surface area contributed by atoms with E-state index in [1.807, 2.05) is 30.5 Å². The van der Waals surface area contributed by atoms with Crippen LogP contribution >= 0.6 is 11.8 Å². The zero-order valence-electron chi connectivity index (χ0n) is 14.2. The van der Waals surface area contributed by atoms with Gasteiger partial charge in [-0.25, -0.2) is 0 Å². The highest BCUT2D eigenvalue weighted by atomic mass is 32.2. The first-order valence-electron chi connectivity index (χ1n) is 8.28. The maximum Gasteiger partial charge on any atom is 0.283 e. The fraction of sp³-hybridized carbons (Fsp3) is 0.105. The minimum absolute atomic E-state index is 0.0958. The Labute approximate surface area is 158 Å². The van der Waals surface area contributed by atoms with Gasteiger partial charge in [-0.3, -0.25) is 10.1 Å². The van der Waals surface area contributed by atoms with Gasteiger partial charge in [0, 0.05) is 40.7 Å². The lowest BCUT2D eigenvalue weighted by Gasteiger charge is -2.04. The summed E-state index contributed by atoms with van der Waals surface area (Å²) in [6.07, 6.45) is 3.52. The summed E-state index contributed by atoms with van der Waals surface area (Å²) in [6.45, 7) is 0.982. The summed E-state index contributed by atoms with van der Waals surface area (Å²) in [7, 11) is 0. The lowest BCUT2D eigenvalue weighted by molar-refractivity contribution is -0.387. The highest BCUT2D eigenvalue weighted by molar-refractivity contribution is 7.99. The van der Waals surface area contributed by atoms with E-state index >= 15 is 0 Å². The van der Waals surface area contributed by atoms with Crippen LogP contribution in [0, 0.1) is 10.1 Å². The molecule has 8 heteroatoms. The molecule has 0 saturated carbocycles. The second-order valence-corrected chi connectivity index (χ2v) is 7.08. The van der Waals surface area contributed by atoms with Gasteiger partial charge in [-0.1, -0.05) is 41.2 Å². The number of para-hydroxylation sites is 1. The molecule has 2 aromatic carbocycles. The van der Waals surface area contributed by atoms with Gasteiger partial charge in [0.15, 0.2) is 0 Å². The third-order valence-electron chi connectivity index (χ3n) is 4.25. The van der Waals surface area contributed by atoms with Gasteiger partial charge in [0.2, 0.25) is 0 Å². The summed E-state index contributed by atoms with van der Waals surface area (Å²) < 4.78 is 6.98. The molecule has 27 heavy (non-hydrogen) atoms. The van der Waals surface area contributed by atoms with Gasteiger partial charge in [0.05, 0.1) is 16.4 Å². The number of nitro groups is 1. The molecule has 4 rings (SSSR count). The van der Waals surface area contributed by atoms with Crippen molar-refractivity contribution in [1.29, 1.82) is 0 Å². The van der Waals surface area contributed by atoms with Crippen LogP contribution in [-0.2, 0) is 13.1 Å². The van der Waals surface area contributed by atoms with Crippen molar-refractivity contribution in [1.82, 2.24) is 9.72 Å².